The zero-order valence-corrected chi connectivity index (χ0v) is 11.2. The number of aliphatic hydroxyl groups excluding tert-OH is 2. The van der Waals surface area contributed by atoms with E-state index in [9.17, 15) is 15.0 Å². The molecule has 1 atom stereocenters. The van der Waals surface area contributed by atoms with Gasteiger partial charge in [-0.15, -0.1) is 0 Å². The molecule has 0 amide bonds. The highest BCUT2D eigenvalue weighted by Crippen LogP contribution is 2.33. The van der Waals surface area contributed by atoms with E-state index in [2.05, 4.69) is 6.58 Å². The van der Waals surface area contributed by atoms with Gasteiger partial charge in [0.2, 0.25) is 0 Å². The first-order chi connectivity index (χ1) is 7.68. The minimum absolute atomic E-state index is 0.00333. The molecule has 0 spiro atoms. The van der Waals surface area contributed by atoms with Gasteiger partial charge in [-0.2, -0.15) is 0 Å². The maximum absolute atomic E-state index is 11.3. The van der Waals surface area contributed by atoms with Gasteiger partial charge in [-0.25, -0.2) is 4.79 Å². The maximum atomic E-state index is 11.3. The van der Waals surface area contributed by atoms with Gasteiger partial charge in [0, 0.05) is 18.1 Å². The average molecular weight is 244 g/mol. The molecule has 0 radical (unpaired) electrons. The molecule has 0 aromatic carbocycles. The fourth-order valence-electron chi connectivity index (χ4n) is 1.33. The zero-order chi connectivity index (χ0) is 13.7. The standard InChI is InChI=1S/C13H24O4/c1-6-11(16)17-10(13(4,5)9-15)7-12(2,3)8-14/h6,10,14-15H,1,7-9H2,2-5H3. The fraction of sp³-hybridized carbons (Fsp3) is 0.769. The average Bonchev–Trinajstić information content (AvgIpc) is 2.27. The van der Waals surface area contributed by atoms with Crippen molar-refractivity contribution >= 4 is 5.97 Å². The molecule has 0 saturated carbocycles. The molecule has 0 aliphatic heterocycles. The van der Waals surface area contributed by atoms with E-state index in [1.54, 1.807) is 0 Å². The summed E-state index contributed by atoms with van der Waals surface area (Å²) < 4.78 is 5.26. The lowest BCUT2D eigenvalue weighted by atomic mass is 9.77. The Morgan fingerprint density at radius 3 is 2.18 bits per heavy atom. The predicted octanol–water partition coefficient (Wildman–Crippen LogP) is 1.51. The van der Waals surface area contributed by atoms with Crippen LogP contribution >= 0.6 is 0 Å². The monoisotopic (exact) mass is 244 g/mol. The van der Waals surface area contributed by atoms with Crippen molar-refractivity contribution in [2.75, 3.05) is 13.2 Å². The van der Waals surface area contributed by atoms with Crippen LogP contribution in [-0.4, -0.2) is 35.5 Å². The first kappa shape index (κ1) is 16.1. The van der Waals surface area contributed by atoms with Crippen LogP contribution in [0.5, 0.6) is 0 Å². The molecular formula is C13H24O4. The molecule has 0 rings (SSSR count). The van der Waals surface area contributed by atoms with Crippen LogP contribution in [-0.2, 0) is 9.53 Å². The van der Waals surface area contributed by atoms with Gasteiger partial charge in [0.15, 0.2) is 0 Å². The van der Waals surface area contributed by atoms with E-state index in [1.807, 2.05) is 27.7 Å². The van der Waals surface area contributed by atoms with Gasteiger partial charge in [0.1, 0.15) is 6.10 Å². The van der Waals surface area contributed by atoms with Gasteiger partial charge in [0.25, 0.3) is 0 Å². The molecule has 0 aliphatic carbocycles. The van der Waals surface area contributed by atoms with Gasteiger partial charge in [-0.3, -0.25) is 0 Å². The Labute approximate surface area is 103 Å². The minimum atomic E-state index is -0.550. The highest BCUT2D eigenvalue weighted by molar-refractivity contribution is 5.81. The van der Waals surface area contributed by atoms with Gasteiger partial charge >= 0.3 is 5.97 Å². The summed E-state index contributed by atoms with van der Waals surface area (Å²) in [7, 11) is 0. The first-order valence-corrected chi connectivity index (χ1v) is 5.73. The van der Waals surface area contributed by atoms with E-state index in [0.717, 1.165) is 6.08 Å². The third-order valence-electron chi connectivity index (χ3n) is 2.87. The van der Waals surface area contributed by atoms with Crippen molar-refractivity contribution in [3.05, 3.63) is 12.7 Å². The van der Waals surface area contributed by atoms with E-state index in [4.69, 9.17) is 4.74 Å². The summed E-state index contributed by atoms with van der Waals surface area (Å²) in [4.78, 5) is 11.3. The molecule has 1 unspecified atom stereocenters. The summed E-state index contributed by atoms with van der Waals surface area (Å²) in [6, 6.07) is 0. The summed E-state index contributed by atoms with van der Waals surface area (Å²) in [6.45, 7) is 10.7. The molecule has 2 N–H and O–H groups in total. The largest absolute Gasteiger partial charge is 0.459 e. The van der Waals surface area contributed by atoms with E-state index < -0.39 is 17.5 Å². The van der Waals surface area contributed by atoms with Crippen LogP contribution in [0.3, 0.4) is 0 Å². The van der Waals surface area contributed by atoms with Crippen LogP contribution in [0.25, 0.3) is 0 Å². The number of aliphatic hydroxyl groups is 2. The third kappa shape index (κ3) is 5.33. The highest BCUT2D eigenvalue weighted by atomic mass is 16.5. The molecule has 0 heterocycles. The molecule has 0 bridgehead atoms. The minimum Gasteiger partial charge on any atom is -0.459 e. The smallest absolute Gasteiger partial charge is 0.330 e. The van der Waals surface area contributed by atoms with E-state index in [-0.39, 0.29) is 18.6 Å². The lowest BCUT2D eigenvalue weighted by Gasteiger charge is -2.36. The molecule has 0 saturated heterocycles. The second kappa shape index (κ2) is 6.17. The lowest BCUT2D eigenvalue weighted by Crippen LogP contribution is -2.40. The number of ether oxygens (including phenoxy) is 1. The number of esters is 1. The summed E-state index contributed by atoms with van der Waals surface area (Å²) in [5.74, 6) is -0.509. The van der Waals surface area contributed by atoms with Crippen molar-refractivity contribution in [3.8, 4) is 0 Å². The lowest BCUT2D eigenvalue weighted by molar-refractivity contribution is -0.154. The van der Waals surface area contributed by atoms with Gasteiger partial charge in [-0.1, -0.05) is 34.3 Å². The first-order valence-electron chi connectivity index (χ1n) is 5.73. The number of carbonyl (C=O) groups excluding carboxylic acids is 1. The number of hydrogen-bond donors (Lipinski definition) is 2. The van der Waals surface area contributed by atoms with Crippen molar-refractivity contribution in [2.24, 2.45) is 10.8 Å². The second-order valence-corrected chi connectivity index (χ2v) is 5.80. The summed E-state index contributed by atoms with van der Waals surface area (Å²) in [5, 5.41) is 18.6. The predicted molar refractivity (Wildman–Crippen MR) is 66.4 cm³/mol. The van der Waals surface area contributed by atoms with Crippen molar-refractivity contribution in [3.63, 3.8) is 0 Å². The molecule has 4 nitrogen and oxygen atoms in total. The zero-order valence-electron chi connectivity index (χ0n) is 11.2. The Bertz CT molecular complexity index is 269. The number of rotatable bonds is 7. The molecule has 0 aromatic heterocycles. The maximum Gasteiger partial charge on any atom is 0.330 e. The Balaban J connectivity index is 4.86. The quantitative estimate of drug-likeness (QED) is 0.526. The summed E-state index contributed by atoms with van der Waals surface area (Å²) in [6.07, 6.45) is 1.13. The Kier molecular flexibility index (Phi) is 5.85. The second-order valence-electron chi connectivity index (χ2n) is 5.80. The van der Waals surface area contributed by atoms with E-state index in [1.165, 1.54) is 0 Å². The Morgan fingerprint density at radius 2 is 1.82 bits per heavy atom. The third-order valence-corrected chi connectivity index (χ3v) is 2.87. The van der Waals surface area contributed by atoms with Crippen LogP contribution in [0, 0.1) is 10.8 Å². The summed E-state index contributed by atoms with van der Waals surface area (Å²) in [5.41, 5.74) is -0.913. The van der Waals surface area contributed by atoms with Gasteiger partial charge in [0.05, 0.1) is 6.61 Å². The van der Waals surface area contributed by atoms with Gasteiger partial charge in [-0.05, 0) is 11.8 Å². The SMILES string of the molecule is C=CC(=O)OC(CC(C)(C)CO)C(C)(C)CO. The van der Waals surface area contributed by atoms with Crippen LogP contribution in [0.15, 0.2) is 12.7 Å². The summed E-state index contributed by atoms with van der Waals surface area (Å²) >= 11 is 0. The van der Waals surface area contributed by atoms with Crippen molar-refractivity contribution in [1.29, 1.82) is 0 Å². The number of carbonyl (C=O) groups is 1. The van der Waals surface area contributed by atoms with Crippen molar-refractivity contribution in [1.82, 2.24) is 0 Å². The molecule has 17 heavy (non-hydrogen) atoms. The molecule has 100 valence electrons. The normalized spacial score (nSPS) is 14.2. The Hall–Kier alpha value is -0.870. The van der Waals surface area contributed by atoms with Crippen molar-refractivity contribution in [2.45, 2.75) is 40.2 Å². The number of hydrogen-bond acceptors (Lipinski definition) is 4. The van der Waals surface area contributed by atoms with Crippen LogP contribution in [0.2, 0.25) is 0 Å². The topological polar surface area (TPSA) is 66.8 Å². The van der Waals surface area contributed by atoms with Crippen molar-refractivity contribution < 1.29 is 19.7 Å². The molecule has 0 aromatic rings. The van der Waals surface area contributed by atoms with E-state index in [0.29, 0.717) is 6.42 Å². The van der Waals surface area contributed by atoms with E-state index >= 15 is 0 Å². The van der Waals surface area contributed by atoms with Crippen LogP contribution in [0.1, 0.15) is 34.1 Å². The highest BCUT2D eigenvalue weighted by Gasteiger charge is 2.36. The molecule has 4 heteroatoms. The fourth-order valence-corrected chi connectivity index (χ4v) is 1.33. The Morgan fingerprint density at radius 1 is 1.29 bits per heavy atom. The molecule has 0 fully saturated rings. The van der Waals surface area contributed by atoms with Crippen LogP contribution < -0.4 is 0 Å². The molecule has 0 aliphatic rings. The molecular weight excluding hydrogens is 220 g/mol. The van der Waals surface area contributed by atoms with Gasteiger partial charge < -0.3 is 14.9 Å². The van der Waals surface area contributed by atoms with Crippen LogP contribution in [0.4, 0.5) is 0 Å².